The summed E-state index contributed by atoms with van der Waals surface area (Å²) in [6, 6.07) is 17.2. The molecule has 0 saturated heterocycles. The predicted octanol–water partition coefficient (Wildman–Crippen LogP) is 4.37. The molecule has 0 unspecified atom stereocenters. The van der Waals surface area contributed by atoms with Crippen molar-refractivity contribution in [2.45, 2.75) is 39.6 Å². The zero-order valence-corrected chi connectivity index (χ0v) is 13.9. The van der Waals surface area contributed by atoms with Crippen molar-refractivity contribution in [1.29, 1.82) is 0 Å². The van der Waals surface area contributed by atoms with Crippen molar-refractivity contribution in [3.8, 4) is 5.75 Å². The fraction of sp³-hybridized carbons (Fsp3) is 0.333. The van der Waals surface area contributed by atoms with Gasteiger partial charge in [0, 0.05) is 0 Å². The monoisotopic (exact) mass is 284 g/mol. The molecule has 0 heterocycles. The Morgan fingerprint density at radius 2 is 1.35 bits per heavy atom. The van der Waals surface area contributed by atoms with Crippen LogP contribution < -0.4 is 9.92 Å². The first-order valence-corrected chi connectivity index (χ1v) is 10.8. The highest BCUT2D eigenvalue weighted by molar-refractivity contribution is 6.88. The van der Waals surface area contributed by atoms with Gasteiger partial charge in [-0.2, -0.15) is 0 Å². The molecule has 0 amide bonds. The van der Waals surface area contributed by atoms with E-state index in [1.807, 2.05) is 0 Å². The summed E-state index contributed by atoms with van der Waals surface area (Å²) in [7, 11) is -1.19. The van der Waals surface area contributed by atoms with Gasteiger partial charge in [0.2, 0.25) is 0 Å². The van der Waals surface area contributed by atoms with E-state index in [4.69, 9.17) is 4.74 Å². The third-order valence-corrected chi connectivity index (χ3v) is 5.62. The van der Waals surface area contributed by atoms with Crippen LogP contribution in [0, 0.1) is 0 Å². The Labute approximate surface area is 123 Å². The number of hydrogen-bond acceptors (Lipinski definition) is 1. The molecule has 0 N–H and O–H groups in total. The molecule has 20 heavy (non-hydrogen) atoms. The summed E-state index contributed by atoms with van der Waals surface area (Å²) in [6.45, 7) is 9.91. The van der Waals surface area contributed by atoms with Crippen LogP contribution in [0.5, 0.6) is 5.75 Å². The van der Waals surface area contributed by atoms with E-state index in [1.54, 1.807) is 0 Å². The molecule has 0 radical (unpaired) electrons. The molecule has 2 rings (SSSR count). The second-order valence-electron chi connectivity index (χ2n) is 6.23. The maximum Gasteiger partial charge on any atom is 0.119 e. The highest BCUT2D eigenvalue weighted by Crippen LogP contribution is 2.14. The summed E-state index contributed by atoms with van der Waals surface area (Å²) in [5.74, 6) is 0.941. The van der Waals surface area contributed by atoms with Gasteiger partial charge in [-0.3, -0.25) is 0 Å². The highest BCUT2D eigenvalue weighted by Gasteiger charge is 2.15. The lowest BCUT2D eigenvalue weighted by Gasteiger charge is -2.16. The Balaban J connectivity index is 1.96. The molecule has 0 saturated carbocycles. The van der Waals surface area contributed by atoms with Gasteiger partial charge in [-0.15, -0.1) is 0 Å². The Morgan fingerprint density at radius 1 is 0.800 bits per heavy atom. The quantitative estimate of drug-likeness (QED) is 0.741. The molecule has 0 fully saturated rings. The lowest BCUT2D eigenvalue weighted by molar-refractivity contribution is 0.306. The second-order valence-corrected chi connectivity index (χ2v) is 11.3. The maximum absolute atomic E-state index is 5.83. The van der Waals surface area contributed by atoms with Crippen molar-refractivity contribution in [3.63, 3.8) is 0 Å². The largest absolute Gasteiger partial charge is 0.489 e. The molecular weight excluding hydrogens is 260 g/mol. The molecule has 0 aliphatic carbocycles. The minimum Gasteiger partial charge on any atom is -0.489 e. The predicted molar refractivity (Wildman–Crippen MR) is 89.6 cm³/mol. The van der Waals surface area contributed by atoms with E-state index >= 15 is 0 Å². The van der Waals surface area contributed by atoms with Crippen molar-refractivity contribution >= 4 is 13.3 Å². The maximum atomic E-state index is 5.83. The van der Waals surface area contributed by atoms with E-state index in [0.717, 1.165) is 12.2 Å². The molecule has 0 spiro atoms. The molecular formula is C18H24OSi. The van der Waals surface area contributed by atoms with E-state index in [1.165, 1.54) is 16.3 Å². The Bertz CT molecular complexity index is 535. The van der Waals surface area contributed by atoms with Crippen LogP contribution in [0.25, 0.3) is 0 Å². The topological polar surface area (TPSA) is 9.23 Å². The van der Waals surface area contributed by atoms with Gasteiger partial charge >= 0.3 is 0 Å². The normalized spacial score (nSPS) is 11.4. The number of hydrogen-bond donors (Lipinski definition) is 0. The van der Waals surface area contributed by atoms with Gasteiger partial charge in [-0.05, 0) is 29.7 Å². The molecule has 1 nitrogen and oxygen atoms in total. The lowest BCUT2D eigenvalue weighted by atomic mass is 10.2. The molecule has 2 aromatic carbocycles. The molecule has 2 heteroatoms. The van der Waals surface area contributed by atoms with Crippen LogP contribution in [0.15, 0.2) is 48.5 Å². The number of ether oxygens (including phenoxy) is 1. The van der Waals surface area contributed by atoms with E-state index in [9.17, 15) is 0 Å². The Hall–Kier alpha value is -1.54. The van der Waals surface area contributed by atoms with Gasteiger partial charge in [0.1, 0.15) is 12.4 Å². The summed E-state index contributed by atoms with van der Waals surface area (Å²) in [5, 5.41) is 1.49. The highest BCUT2D eigenvalue weighted by atomic mass is 28.3. The second kappa shape index (κ2) is 6.27. The van der Waals surface area contributed by atoms with Crippen molar-refractivity contribution in [3.05, 3.63) is 59.7 Å². The summed E-state index contributed by atoms with van der Waals surface area (Å²) in [6.07, 6.45) is 1.07. The molecule has 0 aromatic heterocycles. The summed E-state index contributed by atoms with van der Waals surface area (Å²) in [4.78, 5) is 0. The van der Waals surface area contributed by atoms with Crippen LogP contribution in [0.1, 0.15) is 18.1 Å². The molecule has 0 aliphatic heterocycles. The van der Waals surface area contributed by atoms with E-state index < -0.39 is 8.07 Å². The minimum absolute atomic E-state index is 0.636. The smallest absolute Gasteiger partial charge is 0.119 e. The van der Waals surface area contributed by atoms with E-state index in [2.05, 4.69) is 75.1 Å². The Kier molecular flexibility index (Phi) is 4.66. The van der Waals surface area contributed by atoms with Gasteiger partial charge < -0.3 is 4.74 Å². The molecule has 106 valence electrons. The van der Waals surface area contributed by atoms with Crippen molar-refractivity contribution in [1.82, 2.24) is 0 Å². The zero-order chi connectivity index (χ0) is 14.6. The number of rotatable bonds is 5. The zero-order valence-electron chi connectivity index (χ0n) is 12.9. The summed E-state index contributed by atoms with van der Waals surface area (Å²) < 4.78 is 5.83. The Morgan fingerprint density at radius 3 is 1.85 bits per heavy atom. The van der Waals surface area contributed by atoms with E-state index in [-0.39, 0.29) is 0 Å². The van der Waals surface area contributed by atoms with Crippen LogP contribution in [-0.4, -0.2) is 8.07 Å². The average Bonchev–Trinajstić information content (AvgIpc) is 2.45. The summed E-state index contributed by atoms with van der Waals surface area (Å²) >= 11 is 0. The van der Waals surface area contributed by atoms with Crippen molar-refractivity contribution in [2.75, 3.05) is 0 Å². The molecule has 0 bridgehead atoms. The average molecular weight is 284 g/mol. The van der Waals surface area contributed by atoms with Gasteiger partial charge in [-0.25, -0.2) is 0 Å². The van der Waals surface area contributed by atoms with Gasteiger partial charge in [0.25, 0.3) is 0 Å². The molecule has 0 atom stereocenters. The standard InChI is InChI=1S/C18H24OSi/c1-5-15-6-10-17(11-7-15)19-14-16-8-12-18(13-9-16)20(2,3)4/h6-13H,5,14H2,1-4H3. The van der Waals surface area contributed by atoms with Crippen LogP contribution in [0.3, 0.4) is 0 Å². The van der Waals surface area contributed by atoms with Crippen LogP contribution in [0.4, 0.5) is 0 Å². The number of aryl methyl sites for hydroxylation is 1. The van der Waals surface area contributed by atoms with Crippen molar-refractivity contribution < 1.29 is 4.74 Å². The van der Waals surface area contributed by atoms with Crippen LogP contribution in [-0.2, 0) is 13.0 Å². The van der Waals surface area contributed by atoms with Gasteiger partial charge in [-0.1, -0.05) is 68.1 Å². The lowest BCUT2D eigenvalue weighted by Crippen LogP contribution is -2.37. The van der Waals surface area contributed by atoms with Crippen LogP contribution >= 0.6 is 0 Å². The molecule has 2 aromatic rings. The first-order chi connectivity index (χ1) is 9.49. The van der Waals surface area contributed by atoms with Crippen LogP contribution in [0.2, 0.25) is 19.6 Å². The minimum atomic E-state index is -1.19. The third kappa shape index (κ3) is 3.97. The van der Waals surface area contributed by atoms with Crippen molar-refractivity contribution in [2.24, 2.45) is 0 Å². The van der Waals surface area contributed by atoms with Gasteiger partial charge in [0.15, 0.2) is 0 Å². The SMILES string of the molecule is CCc1ccc(OCc2ccc([Si](C)(C)C)cc2)cc1. The van der Waals surface area contributed by atoms with Gasteiger partial charge in [0.05, 0.1) is 8.07 Å². The number of benzene rings is 2. The summed E-state index contributed by atoms with van der Waals surface area (Å²) in [5.41, 5.74) is 2.57. The molecule has 0 aliphatic rings. The van der Waals surface area contributed by atoms with E-state index in [0.29, 0.717) is 6.61 Å². The fourth-order valence-corrected chi connectivity index (χ4v) is 3.26. The third-order valence-electron chi connectivity index (χ3n) is 3.56. The first kappa shape index (κ1) is 14.9. The fourth-order valence-electron chi connectivity index (χ4n) is 2.09. The first-order valence-electron chi connectivity index (χ1n) is 7.30.